The first-order valence-corrected chi connectivity index (χ1v) is 10.6. The Kier molecular flexibility index (Phi) is 10.6. The minimum absolute atomic E-state index is 0.0638. The maximum atomic E-state index is 14.0. The van der Waals surface area contributed by atoms with Gasteiger partial charge < -0.3 is 15.0 Å². The highest BCUT2D eigenvalue weighted by molar-refractivity contribution is 6.34. The number of hydrogen-bond acceptors (Lipinski definition) is 5. The number of hydrogen-bond donors (Lipinski definition) is 2. The predicted octanol–water partition coefficient (Wildman–Crippen LogP) is 5.78. The van der Waals surface area contributed by atoms with Crippen molar-refractivity contribution >= 4 is 34.8 Å². The predicted molar refractivity (Wildman–Crippen MR) is 124 cm³/mol. The summed E-state index contributed by atoms with van der Waals surface area (Å²) in [6, 6.07) is 8.35. The van der Waals surface area contributed by atoms with Crippen LogP contribution in [0.1, 0.15) is 47.3 Å². The van der Waals surface area contributed by atoms with Crippen LogP contribution in [0.5, 0.6) is 0 Å². The molecule has 0 fully saturated rings. The fourth-order valence-electron chi connectivity index (χ4n) is 3.08. The van der Waals surface area contributed by atoms with Gasteiger partial charge in [0.2, 0.25) is 0 Å². The SMILES string of the molecule is CC.CNC(=O)c1ccc(C2=NOC(c3cc(Cl)cc(Cl)c3)(C(F)(F)F)C2)cc1C.CON. The summed E-state index contributed by atoms with van der Waals surface area (Å²) in [6.45, 7) is 5.69. The van der Waals surface area contributed by atoms with Gasteiger partial charge in [-0.15, -0.1) is 0 Å². The Hall–Kier alpha value is -2.33. The van der Waals surface area contributed by atoms with Crippen LogP contribution in [0, 0.1) is 6.92 Å². The quantitative estimate of drug-likeness (QED) is 0.515. The highest BCUT2D eigenvalue weighted by atomic mass is 35.5. The molecule has 33 heavy (non-hydrogen) atoms. The Morgan fingerprint density at radius 2 is 1.73 bits per heavy atom. The fraction of sp³-hybridized carbons (Fsp3) is 0.364. The lowest BCUT2D eigenvalue weighted by atomic mass is 9.86. The van der Waals surface area contributed by atoms with Gasteiger partial charge >= 0.3 is 6.18 Å². The lowest BCUT2D eigenvalue weighted by Gasteiger charge is -2.29. The number of oxime groups is 1. The summed E-state index contributed by atoms with van der Waals surface area (Å²) in [4.78, 5) is 20.5. The lowest BCUT2D eigenvalue weighted by Crippen LogP contribution is -2.42. The first-order chi connectivity index (χ1) is 15.5. The maximum Gasteiger partial charge on any atom is 0.435 e. The van der Waals surface area contributed by atoms with E-state index >= 15 is 0 Å². The Bertz CT molecular complexity index is 980. The first-order valence-electron chi connectivity index (χ1n) is 9.83. The van der Waals surface area contributed by atoms with E-state index in [1.807, 2.05) is 13.8 Å². The Labute approximate surface area is 200 Å². The summed E-state index contributed by atoms with van der Waals surface area (Å²) in [5.41, 5.74) is -1.34. The third-order valence-corrected chi connectivity index (χ3v) is 4.98. The highest BCUT2D eigenvalue weighted by Gasteiger charge is 2.62. The van der Waals surface area contributed by atoms with Crippen LogP contribution < -0.4 is 11.2 Å². The number of carbonyl (C=O) groups is 1. The standard InChI is InChI=1S/C19H15Cl2F3N2O2.C2H6.CH5NO/c1-10-5-11(3-4-15(10)17(27)25-2)16-9-18(28-26-16,19(22,23)24)12-6-13(20)8-14(21)7-12;1-2;1-3-2/h3-8H,9H2,1-2H3,(H,25,27);1-2H3;2H2,1H3. The summed E-state index contributed by atoms with van der Waals surface area (Å²) >= 11 is 11.8. The van der Waals surface area contributed by atoms with Gasteiger partial charge in [0.05, 0.1) is 12.8 Å². The van der Waals surface area contributed by atoms with Gasteiger partial charge in [0.25, 0.3) is 11.5 Å². The molecule has 0 saturated carbocycles. The fourth-order valence-corrected chi connectivity index (χ4v) is 3.60. The zero-order valence-corrected chi connectivity index (χ0v) is 20.3. The Morgan fingerprint density at radius 3 is 2.18 bits per heavy atom. The van der Waals surface area contributed by atoms with Crippen LogP contribution in [0.2, 0.25) is 10.0 Å². The number of rotatable bonds is 3. The molecule has 0 aromatic heterocycles. The number of nitrogens with zero attached hydrogens (tertiary/aromatic N) is 1. The lowest BCUT2D eigenvalue weighted by molar-refractivity contribution is -0.275. The van der Waals surface area contributed by atoms with Gasteiger partial charge in [-0.1, -0.05) is 48.3 Å². The second-order valence-corrected chi connectivity index (χ2v) is 7.51. The second-order valence-electron chi connectivity index (χ2n) is 6.63. The van der Waals surface area contributed by atoms with E-state index in [9.17, 15) is 18.0 Å². The van der Waals surface area contributed by atoms with Crippen LogP contribution in [0.15, 0.2) is 41.6 Å². The molecule has 0 spiro atoms. The first kappa shape index (κ1) is 28.7. The van der Waals surface area contributed by atoms with Crippen LogP contribution in [0.3, 0.4) is 0 Å². The summed E-state index contributed by atoms with van der Waals surface area (Å²) < 4.78 is 42.0. The van der Waals surface area contributed by atoms with Crippen molar-refractivity contribution < 1.29 is 27.6 Å². The molecule has 0 radical (unpaired) electrons. The van der Waals surface area contributed by atoms with Gasteiger partial charge in [-0.3, -0.25) is 4.79 Å². The zero-order valence-electron chi connectivity index (χ0n) is 18.8. The van der Waals surface area contributed by atoms with Crippen LogP contribution in [-0.4, -0.2) is 32.0 Å². The van der Waals surface area contributed by atoms with E-state index < -0.39 is 18.2 Å². The zero-order chi connectivity index (χ0) is 25.4. The molecule has 6 nitrogen and oxygen atoms in total. The van der Waals surface area contributed by atoms with Gasteiger partial charge in [-0.25, -0.2) is 5.90 Å². The summed E-state index contributed by atoms with van der Waals surface area (Å²) in [5.74, 6) is 4.06. The van der Waals surface area contributed by atoms with Crippen molar-refractivity contribution in [1.29, 1.82) is 0 Å². The normalized spacial score (nSPS) is 17.0. The van der Waals surface area contributed by atoms with Crippen molar-refractivity contribution in [2.45, 2.75) is 39.0 Å². The molecule has 2 aromatic carbocycles. The number of amides is 1. The van der Waals surface area contributed by atoms with E-state index in [0.717, 1.165) is 0 Å². The number of halogens is 5. The number of alkyl halides is 3. The van der Waals surface area contributed by atoms with Gasteiger partial charge in [0, 0.05) is 34.6 Å². The van der Waals surface area contributed by atoms with Gasteiger partial charge in [-0.2, -0.15) is 13.2 Å². The molecule has 1 unspecified atom stereocenters. The molecular formula is C22H26Cl2F3N3O3. The van der Waals surface area contributed by atoms with Crippen molar-refractivity contribution in [3.8, 4) is 0 Å². The highest BCUT2D eigenvalue weighted by Crippen LogP contribution is 2.49. The van der Waals surface area contributed by atoms with Crippen LogP contribution in [0.25, 0.3) is 0 Å². The number of carbonyl (C=O) groups excluding carboxylic acids is 1. The minimum atomic E-state index is -4.76. The van der Waals surface area contributed by atoms with Crippen molar-refractivity contribution in [3.05, 3.63) is 68.7 Å². The second kappa shape index (κ2) is 12.2. The largest absolute Gasteiger partial charge is 0.435 e. The summed E-state index contributed by atoms with van der Waals surface area (Å²) in [7, 11) is 2.90. The molecule has 0 saturated heterocycles. The van der Waals surface area contributed by atoms with E-state index in [2.05, 4.69) is 21.2 Å². The van der Waals surface area contributed by atoms with Crippen LogP contribution in [0.4, 0.5) is 13.2 Å². The maximum absolute atomic E-state index is 14.0. The Balaban J connectivity index is 0.00000101. The number of nitrogens with one attached hydrogen (secondary N) is 1. The van der Waals surface area contributed by atoms with Gasteiger partial charge in [-0.05, 0) is 48.4 Å². The van der Waals surface area contributed by atoms with E-state index in [4.69, 9.17) is 28.0 Å². The Morgan fingerprint density at radius 1 is 1.18 bits per heavy atom. The molecule has 3 rings (SSSR count). The third kappa shape index (κ3) is 6.60. The van der Waals surface area contributed by atoms with Crippen LogP contribution >= 0.6 is 23.2 Å². The molecule has 2 aromatic rings. The number of aryl methyl sites for hydroxylation is 1. The molecule has 1 aliphatic rings. The van der Waals surface area contributed by atoms with Crippen molar-refractivity contribution in [3.63, 3.8) is 0 Å². The molecule has 1 heterocycles. The minimum Gasteiger partial charge on any atom is -0.374 e. The van der Waals surface area contributed by atoms with E-state index in [-0.39, 0.29) is 27.2 Å². The van der Waals surface area contributed by atoms with Crippen molar-refractivity contribution in [2.24, 2.45) is 11.1 Å². The third-order valence-electron chi connectivity index (χ3n) is 4.55. The molecule has 0 bridgehead atoms. The molecule has 3 N–H and O–H groups in total. The van der Waals surface area contributed by atoms with Crippen molar-refractivity contribution in [1.82, 2.24) is 5.32 Å². The molecule has 11 heteroatoms. The van der Waals surface area contributed by atoms with Gasteiger partial charge in [0.15, 0.2) is 0 Å². The number of benzene rings is 2. The molecule has 1 amide bonds. The molecular weight excluding hydrogens is 482 g/mol. The topological polar surface area (TPSA) is 85.9 Å². The molecule has 1 aliphatic heterocycles. The molecule has 182 valence electrons. The summed E-state index contributed by atoms with van der Waals surface area (Å²) in [6.07, 6.45) is -5.31. The average molecular weight is 508 g/mol. The number of nitrogens with two attached hydrogens (primary N) is 1. The van der Waals surface area contributed by atoms with E-state index in [1.165, 1.54) is 44.5 Å². The van der Waals surface area contributed by atoms with E-state index in [0.29, 0.717) is 16.7 Å². The van der Waals surface area contributed by atoms with E-state index in [1.54, 1.807) is 13.0 Å². The summed E-state index contributed by atoms with van der Waals surface area (Å²) in [5, 5.41) is 6.34. The molecule has 1 atom stereocenters. The van der Waals surface area contributed by atoms with Gasteiger partial charge in [0.1, 0.15) is 0 Å². The van der Waals surface area contributed by atoms with Crippen molar-refractivity contribution in [2.75, 3.05) is 14.2 Å². The monoisotopic (exact) mass is 507 g/mol. The average Bonchev–Trinajstić information content (AvgIpc) is 3.21. The molecule has 0 aliphatic carbocycles. The van der Waals surface area contributed by atoms with Crippen LogP contribution in [-0.2, 0) is 15.3 Å². The smallest absolute Gasteiger partial charge is 0.374 e.